The summed E-state index contributed by atoms with van der Waals surface area (Å²) in [5.41, 5.74) is 1.17. The first kappa shape index (κ1) is 13.1. The average molecular weight is 308 g/mol. The molecule has 0 fully saturated rings. The number of aromatic nitrogens is 2. The van der Waals surface area contributed by atoms with E-state index in [0.29, 0.717) is 16.9 Å². The van der Waals surface area contributed by atoms with Crippen molar-refractivity contribution in [2.24, 2.45) is 0 Å². The number of benzene rings is 1. The first-order chi connectivity index (χ1) is 9.49. The van der Waals surface area contributed by atoms with Gasteiger partial charge in [-0.15, -0.1) is 11.3 Å². The summed E-state index contributed by atoms with van der Waals surface area (Å²) in [5, 5.41) is 1.87. The molecule has 0 radical (unpaired) electrons. The van der Waals surface area contributed by atoms with Crippen molar-refractivity contribution < 1.29 is 13.2 Å². The molecule has 0 aliphatic heterocycles. The van der Waals surface area contributed by atoms with E-state index >= 15 is 0 Å². The van der Waals surface area contributed by atoms with E-state index in [9.17, 15) is 8.42 Å². The van der Waals surface area contributed by atoms with Gasteiger partial charge >= 0.3 is 0 Å². The quantitative estimate of drug-likeness (QED) is 0.807. The molecule has 7 heteroatoms. The molecule has 20 heavy (non-hydrogen) atoms. The summed E-state index contributed by atoms with van der Waals surface area (Å²) in [7, 11) is -1.70. The van der Waals surface area contributed by atoms with Crippen LogP contribution in [0.1, 0.15) is 0 Å². The number of rotatable bonds is 3. The number of nitrogens with zero attached hydrogens (tertiary/aromatic N) is 1. The van der Waals surface area contributed by atoms with Crippen LogP contribution in [0.3, 0.4) is 0 Å². The lowest BCUT2D eigenvalue weighted by Crippen LogP contribution is -1.97. The highest BCUT2D eigenvalue weighted by molar-refractivity contribution is 7.91. The van der Waals surface area contributed by atoms with Crippen molar-refractivity contribution in [3.63, 3.8) is 0 Å². The number of nitrogens with one attached hydrogen (secondary N) is 1. The average Bonchev–Trinajstić information content (AvgIpc) is 3.02. The van der Waals surface area contributed by atoms with Crippen LogP contribution in [0.15, 0.2) is 34.5 Å². The number of hydrogen-bond donors (Lipinski definition) is 1. The minimum absolute atomic E-state index is 0.237. The molecule has 3 rings (SSSR count). The second kappa shape index (κ2) is 4.60. The molecule has 0 aliphatic carbocycles. The summed E-state index contributed by atoms with van der Waals surface area (Å²) >= 11 is 1.49. The van der Waals surface area contributed by atoms with Gasteiger partial charge in [0.1, 0.15) is 17.1 Å². The van der Waals surface area contributed by atoms with E-state index < -0.39 is 9.84 Å². The zero-order valence-corrected chi connectivity index (χ0v) is 12.5. The Labute approximate surface area is 120 Å². The molecule has 0 saturated heterocycles. The highest BCUT2D eigenvalue weighted by Gasteiger charge is 2.16. The predicted molar refractivity (Wildman–Crippen MR) is 79.1 cm³/mol. The van der Waals surface area contributed by atoms with E-state index in [1.54, 1.807) is 19.2 Å². The fraction of sp³-hybridized carbons (Fsp3) is 0.154. The number of methoxy groups -OCH3 is 1. The summed E-state index contributed by atoms with van der Waals surface area (Å²) < 4.78 is 28.7. The summed E-state index contributed by atoms with van der Waals surface area (Å²) in [6.07, 6.45) is 1.18. The van der Waals surface area contributed by atoms with Crippen LogP contribution in [0.25, 0.3) is 21.7 Å². The van der Waals surface area contributed by atoms with Gasteiger partial charge in [-0.2, -0.15) is 0 Å². The lowest BCUT2D eigenvalue weighted by atomic mass is 10.3. The molecule has 5 nitrogen and oxygen atoms in total. The van der Waals surface area contributed by atoms with Crippen LogP contribution in [-0.4, -0.2) is 31.8 Å². The SMILES string of the molecule is COc1csc(-c2nc3c(S(C)(=O)=O)cccc3[nH]2)c1. The van der Waals surface area contributed by atoms with Crippen LogP contribution in [0, 0.1) is 0 Å². The number of thiophene rings is 1. The summed E-state index contributed by atoms with van der Waals surface area (Å²) in [4.78, 5) is 8.70. The Hall–Kier alpha value is -1.86. The van der Waals surface area contributed by atoms with Gasteiger partial charge in [-0.05, 0) is 12.1 Å². The maximum atomic E-state index is 11.8. The topological polar surface area (TPSA) is 72.0 Å². The molecule has 2 heterocycles. The van der Waals surface area contributed by atoms with Gasteiger partial charge in [-0.1, -0.05) is 6.07 Å². The van der Waals surface area contributed by atoms with Crippen LogP contribution in [0.4, 0.5) is 0 Å². The molecule has 0 bridgehead atoms. The first-order valence-corrected chi connectivity index (χ1v) is 8.58. The van der Waals surface area contributed by atoms with Crippen molar-refractivity contribution in [1.29, 1.82) is 0 Å². The van der Waals surface area contributed by atoms with Crippen LogP contribution < -0.4 is 4.74 Å². The number of H-pyrrole nitrogens is 1. The number of sulfone groups is 1. The lowest BCUT2D eigenvalue weighted by Gasteiger charge is -1.97. The van der Waals surface area contributed by atoms with Crippen molar-refractivity contribution in [2.75, 3.05) is 13.4 Å². The maximum Gasteiger partial charge on any atom is 0.177 e. The summed E-state index contributed by atoms with van der Waals surface area (Å²) in [6.45, 7) is 0. The molecule has 0 atom stereocenters. The zero-order chi connectivity index (χ0) is 14.3. The summed E-state index contributed by atoms with van der Waals surface area (Å²) in [6, 6.07) is 6.95. The summed E-state index contributed by atoms with van der Waals surface area (Å²) in [5.74, 6) is 1.40. The molecule has 2 aromatic heterocycles. The normalized spacial score (nSPS) is 11.9. The van der Waals surface area contributed by atoms with Gasteiger partial charge in [-0.25, -0.2) is 13.4 Å². The second-order valence-corrected chi connectivity index (χ2v) is 7.26. The highest BCUT2D eigenvalue weighted by Crippen LogP contribution is 2.31. The third kappa shape index (κ3) is 2.19. The fourth-order valence-electron chi connectivity index (χ4n) is 1.97. The van der Waals surface area contributed by atoms with Crippen molar-refractivity contribution in [2.45, 2.75) is 4.90 Å². The van der Waals surface area contributed by atoms with Gasteiger partial charge in [-0.3, -0.25) is 0 Å². The molecular weight excluding hydrogens is 296 g/mol. The molecule has 104 valence electrons. The van der Waals surface area contributed by atoms with Gasteiger partial charge < -0.3 is 9.72 Å². The molecule has 0 saturated carbocycles. The number of para-hydroxylation sites is 1. The molecule has 3 aromatic rings. The van der Waals surface area contributed by atoms with Crippen molar-refractivity contribution in [1.82, 2.24) is 9.97 Å². The highest BCUT2D eigenvalue weighted by atomic mass is 32.2. The van der Waals surface area contributed by atoms with Gasteiger partial charge in [0.15, 0.2) is 9.84 Å². The third-order valence-corrected chi connectivity index (χ3v) is 4.96. The molecule has 1 aromatic carbocycles. The van der Waals surface area contributed by atoms with Gasteiger partial charge in [0.05, 0.1) is 22.4 Å². The van der Waals surface area contributed by atoms with Crippen LogP contribution >= 0.6 is 11.3 Å². The number of hydrogen-bond acceptors (Lipinski definition) is 5. The van der Waals surface area contributed by atoms with Crippen molar-refractivity contribution in [3.05, 3.63) is 29.6 Å². The number of fused-ring (bicyclic) bond motifs is 1. The number of imidazole rings is 1. The van der Waals surface area contributed by atoms with Gasteiger partial charge in [0.2, 0.25) is 0 Å². The van der Waals surface area contributed by atoms with Crippen LogP contribution in [-0.2, 0) is 9.84 Å². The molecule has 1 N–H and O–H groups in total. The fourth-order valence-corrected chi connectivity index (χ4v) is 3.60. The van der Waals surface area contributed by atoms with E-state index in [1.165, 1.54) is 17.6 Å². The van der Waals surface area contributed by atoms with Crippen LogP contribution in [0.5, 0.6) is 5.75 Å². The Morgan fingerprint density at radius 2 is 2.15 bits per heavy atom. The Bertz CT molecular complexity index is 878. The maximum absolute atomic E-state index is 11.8. The van der Waals surface area contributed by atoms with E-state index in [0.717, 1.165) is 10.6 Å². The minimum atomic E-state index is -3.30. The largest absolute Gasteiger partial charge is 0.496 e. The zero-order valence-electron chi connectivity index (χ0n) is 10.9. The van der Waals surface area contributed by atoms with Crippen molar-refractivity contribution in [3.8, 4) is 16.5 Å². The molecular formula is C13H12N2O3S2. The molecule has 0 amide bonds. The molecule has 0 spiro atoms. The standard InChI is InChI=1S/C13H12N2O3S2/c1-18-8-6-10(19-7-8)13-14-9-4-3-5-11(12(9)15-13)20(2,16)17/h3-7H,1-2H3,(H,14,15). The molecule has 0 unspecified atom stereocenters. The third-order valence-electron chi connectivity index (χ3n) is 2.92. The van der Waals surface area contributed by atoms with E-state index in [4.69, 9.17) is 4.74 Å². The van der Waals surface area contributed by atoms with E-state index in [2.05, 4.69) is 9.97 Å². The minimum Gasteiger partial charge on any atom is -0.496 e. The Kier molecular flexibility index (Phi) is 3.02. The Balaban J connectivity index is 2.20. The smallest absolute Gasteiger partial charge is 0.177 e. The Morgan fingerprint density at radius 1 is 1.35 bits per heavy atom. The number of aromatic amines is 1. The predicted octanol–water partition coefficient (Wildman–Crippen LogP) is 2.70. The van der Waals surface area contributed by atoms with Gasteiger partial charge in [0.25, 0.3) is 0 Å². The van der Waals surface area contributed by atoms with E-state index in [1.807, 2.05) is 17.5 Å². The van der Waals surface area contributed by atoms with Crippen LogP contribution in [0.2, 0.25) is 0 Å². The molecule has 0 aliphatic rings. The Morgan fingerprint density at radius 3 is 2.80 bits per heavy atom. The lowest BCUT2D eigenvalue weighted by molar-refractivity contribution is 0.417. The van der Waals surface area contributed by atoms with E-state index in [-0.39, 0.29) is 4.90 Å². The van der Waals surface area contributed by atoms with Crippen molar-refractivity contribution >= 4 is 32.2 Å². The monoisotopic (exact) mass is 308 g/mol. The van der Waals surface area contributed by atoms with Gasteiger partial charge in [0, 0.05) is 17.7 Å². The second-order valence-electron chi connectivity index (χ2n) is 4.36. The number of ether oxygens (including phenoxy) is 1. The first-order valence-electron chi connectivity index (χ1n) is 5.81.